The molecule has 1 heterocycles. The van der Waals surface area contributed by atoms with Gasteiger partial charge in [-0.25, -0.2) is 0 Å². The molecule has 3 nitrogen and oxygen atoms in total. The molecule has 1 aromatic rings. The summed E-state index contributed by atoms with van der Waals surface area (Å²) in [6, 6.07) is 3.58. The normalized spacial score (nSPS) is 16.3. The molecule has 1 aliphatic carbocycles. The van der Waals surface area contributed by atoms with Crippen LogP contribution in [0.5, 0.6) is 0 Å². The third kappa shape index (κ3) is 3.68. The molecule has 0 amide bonds. The quantitative estimate of drug-likeness (QED) is 0.880. The number of hydrogen-bond acceptors (Lipinski definition) is 3. The third-order valence-corrected chi connectivity index (χ3v) is 3.00. The van der Waals surface area contributed by atoms with Crippen LogP contribution in [0.15, 0.2) is 18.3 Å². The van der Waals surface area contributed by atoms with Crippen LogP contribution < -0.4 is 5.73 Å². The SMILES string of the molecule is NCc1ncccc1CN(CC(F)(F)F)C1CC1. The van der Waals surface area contributed by atoms with E-state index in [-0.39, 0.29) is 19.1 Å². The fraction of sp³-hybridized carbons (Fsp3) is 0.583. The van der Waals surface area contributed by atoms with Crippen LogP contribution in [0, 0.1) is 0 Å². The summed E-state index contributed by atoms with van der Waals surface area (Å²) in [5.74, 6) is 0. The lowest BCUT2D eigenvalue weighted by molar-refractivity contribution is -0.148. The Hall–Kier alpha value is -1.14. The van der Waals surface area contributed by atoms with Gasteiger partial charge in [-0.15, -0.1) is 0 Å². The van der Waals surface area contributed by atoms with Crippen LogP contribution in [0.4, 0.5) is 13.2 Å². The van der Waals surface area contributed by atoms with Crippen LogP contribution in [-0.2, 0) is 13.1 Å². The monoisotopic (exact) mass is 259 g/mol. The second kappa shape index (κ2) is 5.24. The molecular weight excluding hydrogens is 243 g/mol. The van der Waals surface area contributed by atoms with E-state index in [0.29, 0.717) is 5.69 Å². The van der Waals surface area contributed by atoms with E-state index in [9.17, 15) is 13.2 Å². The molecule has 100 valence electrons. The molecule has 0 radical (unpaired) electrons. The van der Waals surface area contributed by atoms with Gasteiger partial charge in [-0.05, 0) is 24.5 Å². The second-order valence-corrected chi connectivity index (χ2v) is 4.56. The predicted octanol–water partition coefficient (Wildman–Crippen LogP) is 2.07. The average Bonchev–Trinajstić information content (AvgIpc) is 3.11. The molecule has 6 heteroatoms. The van der Waals surface area contributed by atoms with Crippen molar-refractivity contribution in [2.75, 3.05) is 6.54 Å². The van der Waals surface area contributed by atoms with Crippen molar-refractivity contribution in [1.82, 2.24) is 9.88 Å². The molecule has 18 heavy (non-hydrogen) atoms. The summed E-state index contributed by atoms with van der Waals surface area (Å²) in [6.07, 6.45) is -0.868. The highest BCUT2D eigenvalue weighted by Crippen LogP contribution is 2.31. The summed E-state index contributed by atoms with van der Waals surface area (Å²) in [5, 5.41) is 0. The van der Waals surface area contributed by atoms with Crippen LogP contribution in [0.25, 0.3) is 0 Å². The first-order valence-electron chi connectivity index (χ1n) is 5.93. The Kier molecular flexibility index (Phi) is 3.87. The molecule has 0 aliphatic heterocycles. The summed E-state index contributed by atoms with van der Waals surface area (Å²) in [4.78, 5) is 5.56. The maximum atomic E-state index is 12.5. The molecule has 1 saturated carbocycles. The van der Waals surface area contributed by atoms with Crippen LogP contribution in [0.2, 0.25) is 0 Å². The molecule has 0 unspecified atom stereocenters. The van der Waals surface area contributed by atoms with Crippen LogP contribution in [0.1, 0.15) is 24.1 Å². The minimum Gasteiger partial charge on any atom is -0.325 e. The number of nitrogens with zero attached hydrogens (tertiary/aromatic N) is 2. The topological polar surface area (TPSA) is 42.1 Å². The van der Waals surface area contributed by atoms with E-state index < -0.39 is 12.7 Å². The lowest BCUT2D eigenvalue weighted by Crippen LogP contribution is -2.35. The molecule has 0 bridgehead atoms. The number of hydrogen-bond donors (Lipinski definition) is 1. The zero-order valence-corrected chi connectivity index (χ0v) is 9.95. The molecule has 0 saturated heterocycles. The summed E-state index contributed by atoms with van der Waals surface area (Å²) < 4.78 is 37.5. The first-order chi connectivity index (χ1) is 8.49. The number of aromatic nitrogens is 1. The molecule has 0 aromatic carbocycles. The lowest BCUT2D eigenvalue weighted by atomic mass is 10.1. The number of rotatable bonds is 5. The zero-order valence-electron chi connectivity index (χ0n) is 9.95. The van der Waals surface area contributed by atoms with Crippen molar-refractivity contribution in [3.05, 3.63) is 29.6 Å². The van der Waals surface area contributed by atoms with Crippen molar-refractivity contribution >= 4 is 0 Å². The molecule has 2 rings (SSSR count). The number of pyridine rings is 1. The summed E-state index contributed by atoms with van der Waals surface area (Å²) >= 11 is 0. The van der Waals surface area contributed by atoms with Crippen molar-refractivity contribution in [2.45, 2.75) is 38.1 Å². The van der Waals surface area contributed by atoms with Gasteiger partial charge in [0.15, 0.2) is 0 Å². The van der Waals surface area contributed by atoms with Crippen molar-refractivity contribution in [2.24, 2.45) is 5.73 Å². The minimum atomic E-state index is -4.16. The van der Waals surface area contributed by atoms with E-state index in [1.165, 1.54) is 4.90 Å². The van der Waals surface area contributed by atoms with E-state index in [1.807, 2.05) is 0 Å². The van der Waals surface area contributed by atoms with E-state index in [0.717, 1.165) is 18.4 Å². The van der Waals surface area contributed by atoms with E-state index >= 15 is 0 Å². The number of nitrogens with two attached hydrogens (primary N) is 1. The van der Waals surface area contributed by atoms with Gasteiger partial charge in [0.1, 0.15) is 0 Å². The Balaban J connectivity index is 2.08. The van der Waals surface area contributed by atoms with E-state index in [4.69, 9.17) is 5.73 Å². The van der Waals surface area contributed by atoms with Crippen molar-refractivity contribution < 1.29 is 13.2 Å². The highest BCUT2D eigenvalue weighted by molar-refractivity contribution is 5.19. The molecule has 2 N–H and O–H groups in total. The van der Waals surface area contributed by atoms with E-state index in [1.54, 1.807) is 18.3 Å². The standard InChI is InChI=1S/C12H16F3N3/c13-12(14,15)8-18(10-3-4-10)7-9-2-1-5-17-11(9)6-16/h1-2,5,10H,3-4,6-8,16H2. The third-order valence-electron chi connectivity index (χ3n) is 3.00. The Morgan fingerprint density at radius 2 is 2.11 bits per heavy atom. The molecule has 1 fully saturated rings. The Morgan fingerprint density at radius 1 is 1.39 bits per heavy atom. The lowest BCUT2D eigenvalue weighted by Gasteiger charge is -2.24. The second-order valence-electron chi connectivity index (χ2n) is 4.56. The molecule has 1 aliphatic rings. The largest absolute Gasteiger partial charge is 0.401 e. The fourth-order valence-corrected chi connectivity index (χ4v) is 2.00. The van der Waals surface area contributed by atoms with Gasteiger partial charge in [0.05, 0.1) is 12.2 Å². The van der Waals surface area contributed by atoms with Gasteiger partial charge in [-0.1, -0.05) is 6.07 Å². The molecule has 1 aromatic heterocycles. The van der Waals surface area contributed by atoms with Gasteiger partial charge in [0, 0.05) is 25.3 Å². The van der Waals surface area contributed by atoms with Gasteiger partial charge in [0.2, 0.25) is 0 Å². The number of halogens is 3. The van der Waals surface area contributed by atoms with Gasteiger partial charge in [-0.3, -0.25) is 9.88 Å². The van der Waals surface area contributed by atoms with Crippen LogP contribution >= 0.6 is 0 Å². The van der Waals surface area contributed by atoms with Crippen LogP contribution in [0.3, 0.4) is 0 Å². The Morgan fingerprint density at radius 3 is 2.67 bits per heavy atom. The van der Waals surface area contributed by atoms with Gasteiger partial charge in [-0.2, -0.15) is 13.2 Å². The molecular formula is C12H16F3N3. The summed E-state index contributed by atoms with van der Waals surface area (Å²) in [7, 11) is 0. The van der Waals surface area contributed by atoms with Gasteiger partial charge in [0.25, 0.3) is 0 Å². The maximum absolute atomic E-state index is 12.5. The Bertz CT molecular complexity index is 402. The molecule has 0 atom stereocenters. The number of alkyl halides is 3. The van der Waals surface area contributed by atoms with E-state index in [2.05, 4.69) is 4.98 Å². The van der Waals surface area contributed by atoms with Gasteiger partial charge >= 0.3 is 6.18 Å². The smallest absolute Gasteiger partial charge is 0.325 e. The first-order valence-corrected chi connectivity index (χ1v) is 5.93. The Labute approximate surface area is 104 Å². The maximum Gasteiger partial charge on any atom is 0.401 e. The zero-order chi connectivity index (χ0) is 13.2. The average molecular weight is 259 g/mol. The molecule has 0 spiro atoms. The van der Waals surface area contributed by atoms with Crippen molar-refractivity contribution in [3.63, 3.8) is 0 Å². The van der Waals surface area contributed by atoms with Crippen LogP contribution in [-0.4, -0.2) is 28.6 Å². The van der Waals surface area contributed by atoms with Crippen molar-refractivity contribution in [3.8, 4) is 0 Å². The fourth-order valence-electron chi connectivity index (χ4n) is 2.00. The predicted molar refractivity (Wildman–Crippen MR) is 61.6 cm³/mol. The summed E-state index contributed by atoms with van der Waals surface area (Å²) in [6.45, 7) is -0.345. The van der Waals surface area contributed by atoms with Crippen molar-refractivity contribution in [1.29, 1.82) is 0 Å². The minimum absolute atomic E-state index is 0.0532. The van der Waals surface area contributed by atoms with Gasteiger partial charge < -0.3 is 5.73 Å². The highest BCUT2D eigenvalue weighted by atomic mass is 19.4. The first kappa shape index (κ1) is 13.3. The highest BCUT2D eigenvalue weighted by Gasteiger charge is 2.38. The summed E-state index contributed by atoms with van der Waals surface area (Å²) in [5.41, 5.74) is 7.00.